The first-order valence-corrected chi connectivity index (χ1v) is 7.76. The molecule has 2 fully saturated rings. The number of nitrogens with zero attached hydrogens (tertiary/aromatic N) is 3. The first-order valence-electron chi connectivity index (χ1n) is 7.76. The van der Waals surface area contributed by atoms with Gasteiger partial charge in [0.05, 0.1) is 23.4 Å². The van der Waals surface area contributed by atoms with Gasteiger partial charge in [0.2, 0.25) is 0 Å². The monoisotopic (exact) mass is 321 g/mol. The zero-order valence-electron chi connectivity index (χ0n) is 13.1. The lowest BCUT2D eigenvalue weighted by Crippen LogP contribution is -2.37. The van der Waals surface area contributed by atoms with Gasteiger partial charge in [-0.15, -0.1) is 0 Å². The van der Waals surface area contributed by atoms with Crippen molar-refractivity contribution >= 4 is 28.4 Å². The number of ether oxygens (including phenoxy) is 1. The van der Waals surface area contributed by atoms with Crippen molar-refractivity contribution in [1.29, 1.82) is 5.26 Å². The molecule has 2 saturated heterocycles. The van der Waals surface area contributed by atoms with Crippen LogP contribution in [0.4, 0.5) is 10.5 Å². The molecule has 2 aromatic rings. The molecule has 0 bridgehead atoms. The normalized spacial score (nSPS) is 23.0. The highest BCUT2D eigenvalue weighted by molar-refractivity contribution is 6.25. The second-order valence-corrected chi connectivity index (χ2v) is 5.95. The van der Waals surface area contributed by atoms with Crippen molar-refractivity contribution in [2.75, 3.05) is 18.6 Å². The third-order valence-corrected chi connectivity index (χ3v) is 4.82. The van der Waals surface area contributed by atoms with Gasteiger partial charge in [0.1, 0.15) is 6.04 Å². The van der Waals surface area contributed by atoms with E-state index in [2.05, 4.69) is 6.07 Å². The predicted octanol–water partition coefficient (Wildman–Crippen LogP) is 2.27. The van der Waals surface area contributed by atoms with E-state index in [0.717, 1.165) is 5.39 Å². The van der Waals surface area contributed by atoms with E-state index < -0.39 is 6.04 Å². The maximum Gasteiger partial charge on any atom is 0.332 e. The van der Waals surface area contributed by atoms with Gasteiger partial charge in [-0.05, 0) is 18.6 Å². The van der Waals surface area contributed by atoms with Crippen LogP contribution in [0.3, 0.4) is 0 Å². The highest BCUT2D eigenvalue weighted by Crippen LogP contribution is 2.36. The lowest BCUT2D eigenvalue weighted by Gasteiger charge is -2.18. The van der Waals surface area contributed by atoms with Crippen LogP contribution < -0.4 is 4.90 Å². The predicted molar refractivity (Wildman–Crippen MR) is 87.5 cm³/mol. The van der Waals surface area contributed by atoms with Crippen molar-refractivity contribution in [3.05, 3.63) is 42.0 Å². The maximum absolute atomic E-state index is 12.9. The van der Waals surface area contributed by atoms with Crippen molar-refractivity contribution in [3.63, 3.8) is 0 Å². The first kappa shape index (κ1) is 14.7. The number of benzene rings is 2. The van der Waals surface area contributed by atoms with E-state index in [-0.39, 0.29) is 18.0 Å². The highest BCUT2D eigenvalue weighted by Gasteiger charge is 2.53. The van der Waals surface area contributed by atoms with E-state index in [1.807, 2.05) is 24.3 Å². The summed E-state index contributed by atoms with van der Waals surface area (Å²) in [6, 6.07) is 11.9. The second-order valence-electron chi connectivity index (χ2n) is 5.95. The van der Waals surface area contributed by atoms with Crippen molar-refractivity contribution < 1.29 is 14.3 Å². The first-order chi connectivity index (χ1) is 11.7. The van der Waals surface area contributed by atoms with E-state index in [1.54, 1.807) is 24.1 Å². The maximum atomic E-state index is 12.9. The summed E-state index contributed by atoms with van der Waals surface area (Å²) >= 11 is 0. The van der Waals surface area contributed by atoms with Crippen molar-refractivity contribution in [3.8, 4) is 6.07 Å². The molecule has 0 aliphatic carbocycles. The molecule has 120 valence electrons. The number of hydrogen-bond donors (Lipinski definition) is 0. The van der Waals surface area contributed by atoms with Crippen LogP contribution in [0.5, 0.6) is 0 Å². The van der Waals surface area contributed by atoms with Crippen molar-refractivity contribution in [1.82, 2.24) is 4.90 Å². The SMILES string of the molecule is COC1CCN2C(=O)N(c3ccc(C#N)c4ccccc34)C(=O)C12. The summed E-state index contributed by atoms with van der Waals surface area (Å²) in [4.78, 5) is 28.4. The molecule has 6 nitrogen and oxygen atoms in total. The van der Waals surface area contributed by atoms with Crippen molar-refractivity contribution in [2.24, 2.45) is 0 Å². The summed E-state index contributed by atoms with van der Waals surface area (Å²) in [7, 11) is 1.56. The van der Waals surface area contributed by atoms with Gasteiger partial charge in [-0.3, -0.25) is 4.79 Å². The average Bonchev–Trinajstić information content (AvgIpc) is 3.14. The molecule has 4 rings (SSSR count). The zero-order valence-corrected chi connectivity index (χ0v) is 13.1. The summed E-state index contributed by atoms with van der Waals surface area (Å²) in [5.74, 6) is -0.265. The molecule has 2 atom stereocenters. The third-order valence-electron chi connectivity index (χ3n) is 4.82. The van der Waals surface area contributed by atoms with Crippen LogP contribution in [0.15, 0.2) is 36.4 Å². The Morgan fingerprint density at radius 1 is 1.17 bits per heavy atom. The molecule has 6 heteroatoms. The van der Waals surface area contributed by atoms with Gasteiger partial charge in [0, 0.05) is 24.4 Å². The van der Waals surface area contributed by atoms with E-state index >= 15 is 0 Å². The fourth-order valence-corrected chi connectivity index (χ4v) is 3.67. The van der Waals surface area contributed by atoms with E-state index in [9.17, 15) is 14.9 Å². The molecular formula is C18H15N3O3. The number of nitriles is 1. The minimum Gasteiger partial charge on any atom is -0.379 e. The van der Waals surface area contributed by atoms with Crippen LogP contribution in [0.2, 0.25) is 0 Å². The number of urea groups is 1. The summed E-state index contributed by atoms with van der Waals surface area (Å²) < 4.78 is 5.37. The van der Waals surface area contributed by atoms with Crippen LogP contribution in [-0.2, 0) is 9.53 Å². The summed E-state index contributed by atoms with van der Waals surface area (Å²) in [6.07, 6.45) is 0.400. The summed E-state index contributed by atoms with van der Waals surface area (Å²) in [6.45, 7) is 0.512. The molecule has 24 heavy (non-hydrogen) atoms. The topological polar surface area (TPSA) is 73.6 Å². The number of carbonyl (C=O) groups is 2. The molecule has 0 saturated carbocycles. The lowest BCUT2D eigenvalue weighted by atomic mass is 10.0. The lowest BCUT2D eigenvalue weighted by molar-refractivity contribution is -0.121. The Balaban J connectivity index is 1.86. The molecule has 0 spiro atoms. The minimum absolute atomic E-state index is 0.265. The largest absolute Gasteiger partial charge is 0.379 e. The van der Waals surface area contributed by atoms with Gasteiger partial charge in [-0.2, -0.15) is 5.26 Å². The smallest absolute Gasteiger partial charge is 0.332 e. The number of amides is 3. The van der Waals surface area contributed by atoms with Crippen LogP contribution in [-0.4, -0.2) is 42.6 Å². The quantitative estimate of drug-likeness (QED) is 0.795. The van der Waals surface area contributed by atoms with E-state index in [1.165, 1.54) is 4.90 Å². The Morgan fingerprint density at radius 2 is 1.92 bits per heavy atom. The molecule has 2 aromatic carbocycles. The zero-order chi connectivity index (χ0) is 16.8. The Labute approximate surface area is 138 Å². The Kier molecular flexibility index (Phi) is 3.25. The third kappa shape index (κ3) is 1.85. The molecule has 2 heterocycles. The molecule has 0 aromatic heterocycles. The number of imide groups is 1. The minimum atomic E-state index is -0.558. The summed E-state index contributed by atoms with van der Waals surface area (Å²) in [5.41, 5.74) is 1.03. The van der Waals surface area contributed by atoms with Gasteiger partial charge in [0.25, 0.3) is 5.91 Å². The fourth-order valence-electron chi connectivity index (χ4n) is 3.67. The number of hydrogen-bond acceptors (Lipinski definition) is 4. The molecule has 2 aliphatic heterocycles. The van der Waals surface area contributed by atoms with Crippen molar-refractivity contribution in [2.45, 2.75) is 18.6 Å². The number of anilines is 1. The molecule has 0 radical (unpaired) electrons. The fraction of sp³-hybridized carbons (Fsp3) is 0.278. The van der Waals surface area contributed by atoms with Crippen LogP contribution in [0, 0.1) is 11.3 Å². The summed E-state index contributed by atoms with van der Waals surface area (Å²) in [5, 5.41) is 10.7. The van der Waals surface area contributed by atoms with E-state index in [4.69, 9.17) is 4.74 Å². The number of fused-ring (bicyclic) bond motifs is 2. The number of rotatable bonds is 2. The molecule has 2 aliphatic rings. The van der Waals surface area contributed by atoms with Crippen LogP contribution in [0.1, 0.15) is 12.0 Å². The van der Waals surface area contributed by atoms with Gasteiger partial charge < -0.3 is 9.64 Å². The average molecular weight is 321 g/mol. The Bertz CT molecular complexity index is 902. The van der Waals surface area contributed by atoms with Crippen LogP contribution >= 0.6 is 0 Å². The molecule has 3 amide bonds. The Morgan fingerprint density at radius 3 is 2.62 bits per heavy atom. The van der Waals surface area contributed by atoms with Gasteiger partial charge in [0.15, 0.2) is 0 Å². The highest BCUT2D eigenvalue weighted by atomic mass is 16.5. The van der Waals surface area contributed by atoms with Gasteiger partial charge in [-0.25, -0.2) is 9.69 Å². The van der Waals surface area contributed by atoms with E-state index in [0.29, 0.717) is 29.6 Å². The molecule has 0 N–H and O–H groups in total. The van der Waals surface area contributed by atoms with Crippen LogP contribution in [0.25, 0.3) is 10.8 Å². The Hall–Kier alpha value is -2.91. The second kappa shape index (κ2) is 5.32. The standard InChI is InChI=1S/C18H15N3O3/c1-24-15-8-9-20-16(15)17(22)21(18(20)23)14-7-6-11(10-19)12-4-2-3-5-13(12)14/h2-7,15-16H,8-9H2,1H3. The molecule has 2 unspecified atom stereocenters. The van der Waals surface area contributed by atoms with Gasteiger partial charge >= 0.3 is 6.03 Å². The molecular weight excluding hydrogens is 306 g/mol. The number of carbonyl (C=O) groups excluding carboxylic acids is 2. The van der Waals surface area contributed by atoms with Gasteiger partial charge in [-0.1, -0.05) is 24.3 Å². The number of methoxy groups -OCH3 is 1.